The Morgan fingerprint density at radius 2 is 2.05 bits per heavy atom. The fourth-order valence-corrected chi connectivity index (χ4v) is 3.23. The molecule has 1 aliphatic carbocycles. The van der Waals surface area contributed by atoms with Gasteiger partial charge < -0.3 is 4.74 Å². The second-order valence-corrected chi connectivity index (χ2v) is 5.61. The Morgan fingerprint density at radius 1 is 1.23 bits per heavy atom. The summed E-state index contributed by atoms with van der Waals surface area (Å²) >= 11 is 0. The van der Waals surface area contributed by atoms with E-state index >= 15 is 0 Å². The molecular weight excluding hydrogens is 278 g/mol. The summed E-state index contributed by atoms with van der Waals surface area (Å²) < 4.78 is 5.47. The van der Waals surface area contributed by atoms with E-state index in [4.69, 9.17) is 9.94 Å². The lowest BCUT2D eigenvalue weighted by Gasteiger charge is -2.26. The quantitative estimate of drug-likeness (QED) is 0.676. The fourth-order valence-electron chi connectivity index (χ4n) is 3.23. The number of rotatable bonds is 3. The van der Waals surface area contributed by atoms with Crippen molar-refractivity contribution in [3.63, 3.8) is 0 Å². The van der Waals surface area contributed by atoms with Crippen LogP contribution in [0.15, 0.2) is 42.5 Å². The number of amides is 1. The van der Waals surface area contributed by atoms with Crippen molar-refractivity contribution < 1.29 is 14.7 Å². The SMILES string of the molecule is COc1ccccc1C1CCc2cc(C(=O)NO)ccc2C1. The van der Waals surface area contributed by atoms with E-state index in [2.05, 4.69) is 6.07 Å². The number of benzene rings is 2. The highest BCUT2D eigenvalue weighted by molar-refractivity contribution is 5.93. The van der Waals surface area contributed by atoms with Crippen LogP contribution in [0.1, 0.15) is 39.4 Å². The van der Waals surface area contributed by atoms with Crippen LogP contribution in [0.3, 0.4) is 0 Å². The maximum atomic E-state index is 11.5. The first kappa shape index (κ1) is 14.6. The smallest absolute Gasteiger partial charge is 0.274 e. The van der Waals surface area contributed by atoms with Crippen LogP contribution in [0.2, 0.25) is 0 Å². The first-order valence-electron chi connectivity index (χ1n) is 7.42. The molecule has 0 radical (unpaired) electrons. The summed E-state index contributed by atoms with van der Waals surface area (Å²) in [4.78, 5) is 11.5. The van der Waals surface area contributed by atoms with Crippen molar-refractivity contribution in [2.45, 2.75) is 25.2 Å². The van der Waals surface area contributed by atoms with E-state index < -0.39 is 5.91 Å². The van der Waals surface area contributed by atoms with Gasteiger partial charge >= 0.3 is 0 Å². The number of hydrogen-bond donors (Lipinski definition) is 2. The predicted molar refractivity (Wildman–Crippen MR) is 83.5 cm³/mol. The molecule has 0 saturated heterocycles. The molecule has 0 spiro atoms. The molecule has 1 atom stereocenters. The van der Waals surface area contributed by atoms with Gasteiger partial charge in [-0.15, -0.1) is 0 Å². The number of nitrogens with one attached hydrogen (secondary N) is 1. The number of ether oxygens (including phenoxy) is 1. The molecular formula is C18H19NO3. The number of hydroxylamine groups is 1. The molecule has 4 nitrogen and oxygen atoms in total. The number of carbonyl (C=O) groups excluding carboxylic acids is 1. The number of carbonyl (C=O) groups is 1. The molecule has 1 unspecified atom stereocenters. The summed E-state index contributed by atoms with van der Waals surface area (Å²) in [5.74, 6) is 0.906. The average molecular weight is 297 g/mol. The first-order chi connectivity index (χ1) is 10.7. The predicted octanol–water partition coefficient (Wildman–Crippen LogP) is 3.09. The molecule has 0 aromatic heterocycles. The Morgan fingerprint density at radius 3 is 2.82 bits per heavy atom. The molecule has 4 heteroatoms. The second kappa shape index (κ2) is 6.20. The van der Waals surface area contributed by atoms with Crippen LogP contribution in [0.5, 0.6) is 5.75 Å². The maximum absolute atomic E-state index is 11.5. The zero-order valence-corrected chi connectivity index (χ0v) is 12.5. The molecule has 2 N–H and O–H groups in total. The third-order valence-corrected chi connectivity index (χ3v) is 4.38. The van der Waals surface area contributed by atoms with Gasteiger partial charge in [0.15, 0.2) is 0 Å². The lowest BCUT2D eigenvalue weighted by atomic mass is 9.79. The number of aryl methyl sites for hydroxylation is 1. The number of para-hydroxylation sites is 1. The van der Waals surface area contributed by atoms with E-state index in [0.29, 0.717) is 11.5 Å². The van der Waals surface area contributed by atoms with Gasteiger partial charge in [0.05, 0.1) is 7.11 Å². The lowest BCUT2D eigenvalue weighted by molar-refractivity contribution is 0.0706. The van der Waals surface area contributed by atoms with E-state index in [0.717, 1.165) is 25.0 Å². The Balaban J connectivity index is 1.87. The number of fused-ring (bicyclic) bond motifs is 1. The highest BCUT2D eigenvalue weighted by atomic mass is 16.5. The molecule has 0 aliphatic heterocycles. The van der Waals surface area contributed by atoms with Crippen molar-refractivity contribution in [2.24, 2.45) is 0 Å². The van der Waals surface area contributed by atoms with E-state index in [9.17, 15) is 4.79 Å². The summed E-state index contributed by atoms with van der Waals surface area (Å²) in [6.07, 6.45) is 2.89. The molecule has 0 bridgehead atoms. The highest BCUT2D eigenvalue weighted by Crippen LogP contribution is 2.37. The zero-order valence-electron chi connectivity index (χ0n) is 12.5. The standard InChI is InChI=1S/C18H19NO3/c1-22-17-5-3-2-4-16(17)14-8-6-13-11-15(18(20)19-21)9-7-12(13)10-14/h2-5,7,9,11,14,21H,6,8,10H2,1H3,(H,19,20). The summed E-state index contributed by atoms with van der Waals surface area (Å²) in [7, 11) is 1.70. The van der Waals surface area contributed by atoms with E-state index in [1.54, 1.807) is 18.7 Å². The largest absolute Gasteiger partial charge is 0.496 e. The molecule has 0 heterocycles. The van der Waals surface area contributed by atoms with Crippen LogP contribution in [0.25, 0.3) is 0 Å². The zero-order chi connectivity index (χ0) is 15.5. The van der Waals surface area contributed by atoms with Gasteiger partial charge in [-0.3, -0.25) is 10.0 Å². The molecule has 0 fully saturated rings. The minimum Gasteiger partial charge on any atom is -0.496 e. The summed E-state index contributed by atoms with van der Waals surface area (Å²) in [5, 5.41) is 8.73. The third kappa shape index (κ3) is 2.70. The Labute approximate surface area is 129 Å². The van der Waals surface area contributed by atoms with Crippen molar-refractivity contribution in [2.75, 3.05) is 7.11 Å². The van der Waals surface area contributed by atoms with Crippen LogP contribution < -0.4 is 10.2 Å². The minimum absolute atomic E-state index is 0.432. The van der Waals surface area contributed by atoms with Crippen LogP contribution >= 0.6 is 0 Å². The van der Waals surface area contributed by atoms with Crippen LogP contribution in [0, 0.1) is 0 Å². The molecule has 2 aromatic rings. The molecule has 1 aliphatic rings. The third-order valence-electron chi connectivity index (χ3n) is 4.38. The monoisotopic (exact) mass is 297 g/mol. The van der Waals surface area contributed by atoms with Crippen LogP contribution in [-0.2, 0) is 12.8 Å². The van der Waals surface area contributed by atoms with Crippen molar-refractivity contribution >= 4 is 5.91 Å². The lowest BCUT2D eigenvalue weighted by Crippen LogP contribution is -2.20. The topological polar surface area (TPSA) is 58.6 Å². The molecule has 2 aromatic carbocycles. The van der Waals surface area contributed by atoms with Crippen molar-refractivity contribution in [1.29, 1.82) is 0 Å². The van der Waals surface area contributed by atoms with Crippen molar-refractivity contribution in [3.8, 4) is 5.75 Å². The van der Waals surface area contributed by atoms with Crippen molar-refractivity contribution in [1.82, 2.24) is 5.48 Å². The molecule has 3 rings (SSSR count). The van der Waals surface area contributed by atoms with Crippen LogP contribution in [0.4, 0.5) is 0 Å². The van der Waals surface area contributed by atoms with Gasteiger partial charge in [0.2, 0.25) is 0 Å². The first-order valence-corrected chi connectivity index (χ1v) is 7.42. The number of hydrogen-bond acceptors (Lipinski definition) is 3. The van der Waals surface area contributed by atoms with Gasteiger partial charge in [0.25, 0.3) is 5.91 Å². The van der Waals surface area contributed by atoms with Crippen molar-refractivity contribution in [3.05, 3.63) is 64.7 Å². The Hall–Kier alpha value is -2.33. The summed E-state index contributed by atoms with van der Waals surface area (Å²) in [5.41, 5.74) is 5.87. The average Bonchev–Trinajstić information content (AvgIpc) is 2.60. The van der Waals surface area contributed by atoms with E-state index in [1.807, 2.05) is 30.3 Å². The second-order valence-electron chi connectivity index (χ2n) is 5.61. The summed E-state index contributed by atoms with van der Waals surface area (Å²) in [6.45, 7) is 0. The molecule has 1 amide bonds. The highest BCUT2D eigenvalue weighted by Gasteiger charge is 2.23. The normalized spacial score (nSPS) is 16.7. The molecule has 22 heavy (non-hydrogen) atoms. The fraction of sp³-hybridized carbons (Fsp3) is 0.278. The van der Waals surface area contributed by atoms with Gasteiger partial charge in [0, 0.05) is 5.56 Å². The summed E-state index contributed by atoms with van der Waals surface area (Å²) in [6, 6.07) is 13.8. The van der Waals surface area contributed by atoms with E-state index in [1.165, 1.54) is 16.7 Å². The van der Waals surface area contributed by atoms with Gasteiger partial charge in [-0.2, -0.15) is 0 Å². The molecule has 114 valence electrons. The van der Waals surface area contributed by atoms with Crippen LogP contribution in [-0.4, -0.2) is 18.2 Å². The Bertz CT molecular complexity index is 696. The minimum atomic E-state index is -0.463. The molecule has 0 saturated carbocycles. The van der Waals surface area contributed by atoms with Gasteiger partial charge in [-0.25, -0.2) is 5.48 Å². The van der Waals surface area contributed by atoms with E-state index in [-0.39, 0.29) is 0 Å². The maximum Gasteiger partial charge on any atom is 0.274 e. The Kier molecular flexibility index (Phi) is 4.11. The van der Waals surface area contributed by atoms with Gasteiger partial charge in [0.1, 0.15) is 5.75 Å². The van der Waals surface area contributed by atoms with Gasteiger partial charge in [-0.05, 0) is 60.1 Å². The van der Waals surface area contributed by atoms with Gasteiger partial charge in [-0.1, -0.05) is 24.3 Å². The number of methoxy groups -OCH3 is 1.